The number of nitrogens with zero attached hydrogens (tertiary/aromatic N) is 2. The Bertz CT molecular complexity index is 444. The molecule has 0 aromatic heterocycles. The lowest BCUT2D eigenvalue weighted by atomic mass is 10.1. The van der Waals surface area contributed by atoms with E-state index in [2.05, 4.69) is 55.9 Å². The van der Waals surface area contributed by atoms with E-state index in [0.29, 0.717) is 6.54 Å². The molecule has 1 N–H and O–H groups in total. The first kappa shape index (κ1) is 16.5. The standard InChI is InChI=1S/C16H26N2O2/c1-13-6-7-15(14(2)12-13)18(11-8-16(19)20)10-5-9-17(3)4/h6-7,12H,5,8-11H2,1-4H3,(H,19,20). The third kappa shape index (κ3) is 5.61. The molecule has 20 heavy (non-hydrogen) atoms. The molecule has 0 aliphatic rings. The van der Waals surface area contributed by atoms with Gasteiger partial charge in [0.25, 0.3) is 0 Å². The van der Waals surface area contributed by atoms with E-state index in [-0.39, 0.29) is 6.42 Å². The number of aryl methyl sites for hydroxylation is 2. The summed E-state index contributed by atoms with van der Waals surface area (Å²) in [5.74, 6) is -0.743. The predicted octanol–water partition coefficient (Wildman–Crippen LogP) is 2.54. The summed E-state index contributed by atoms with van der Waals surface area (Å²) in [6.07, 6.45) is 1.20. The molecule has 0 saturated carbocycles. The third-order valence-electron chi connectivity index (χ3n) is 3.32. The van der Waals surface area contributed by atoms with Crippen molar-refractivity contribution >= 4 is 11.7 Å². The fraction of sp³-hybridized carbons (Fsp3) is 0.562. The molecule has 0 aliphatic heterocycles. The van der Waals surface area contributed by atoms with Crippen molar-refractivity contribution in [2.75, 3.05) is 38.6 Å². The molecule has 112 valence electrons. The van der Waals surface area contributed by atoms with E-state index in [4.69, 9.17) is 5.11 Å². The Kier molecular flexibility index (Phi) is 6.52. The maximum atomic E-state index is 10.8. The molecule has 0 fully saturated rings. The lowest BCUT2D eigenvalue weighted by Crippen LogP contribution is -2.30. The number of rotatable bonds is 8. The minimum Gasteiger partial charge on any atom is -0.481 e. The summed E-state index contributed by atoms with van der Waals surface area (Å²) in [5.41, 5.74) is 3.59. The molecule has 0 unspecified atom stereocenters. The van der Waals surface area contributed by atoms with Crippen molar-refractivity contribution in [1.29, 1.82) is 0 Å². The molecule has 1 aromatic carbocycles. The van der Waals surface area contributed by atoms with E-state index < -0.39 is 5.97 Å². The summed E-state index contributed by atoms with van der Waals surface area (Å²) in [6, 6.07) is 6.33. The van der Waals surface area contributed by atoms with Gasteiger partial charge < -0.3 is 14.9 Å². The molecular weight excluding hydrogens is 252 g/mol. The van der Waals surface area contributed by atoms with Crippen molar-refractivity contribution in [3.8, 4) is 0 Å². The number of benzene rings is 1. The van der Waals surface area contributed by atoms with Gasteiger partial charge in [0, 0.05) is 18.8 Å². The van der Waals surface area contributed by atoms with Gasteiger partial charge in [-0.3, -0.25) is 4.79 Å². The highest BCUT2D eigenvalue weighted by Crippen LogP contribution is 2.21. The lowest BCUT2D eigenvalue weighted by Gasteiger charge is -2.27. The van der Waals surface area contributed by atoms with Crippen LogP contribution in [0.4, 0.5) is 5.69 Å². The van der Waals surface area contributed by atoms with Crippen LogP contribution in [0.3, 0.4) is 0 Å². The zero-order valence-corrected chi connectivity index (χ0v) is 13.0. The first-order chi connectivity index (χ1) is 9.40. The smallest absolute Gasteiger partial charge is 0.305 e. The first-order valence-corrected chi connectivity index (χ1v) is 7.09. The van der Waals surface area contributed by atoms with E-state index >= 15 is 0 Å². The molecule has 0 aliphatic carbocycles. The highest BCUT2D eigenvalue weighted by molar-refractivity contribution is 5.68. The van der Waals surface area contributed by atoms with Crippen LogP contribution in [0.2, 0.25) is 0 Å². The van der Waals surface area contributed by atoms with Gasteiger partial charge >= 0.3 is 5.97 Å². The summed E-state index contributed by atoms with van der Waals surface area (Å²) >= 11 is 0. The quantitative estimate of drug-likeness (QED) is 0.793. The fourth-order valence-electron chi connectivity index (χ4n) is 2.32. The van der Waals surface area contributed by atoms with E-state index in [0.717, 1.165) is 25.2 Å². The number of carbonyl (C=O) groups is 1. The first-order valence-electron chi connectivity index (χ1n) is 7.09. The van der Waals surface area contributed by atoms with Gasteiger partial charge in [-0.2, -0.15) is 0 Å². The number of hydrogen-bond acceptors (Lipinski definition) is 3. The summed E-state index contributed by atoms with van der Waals surface area (Å²) in [6.45, 7) is 6.61. The Morgan fingerprint density at radius 3 is 2.40 bits per heavy atom. The molecule has 1 aromatic rings. The molecule has 1 rings (SSSR count). The Balaban J connectivity index is 2.76. The largest absolute Gasteiger partial charge is 0.481 e. The predicted molar refractivity (Wildman–Crippen MR) is 83.6 cm³/mol. The molecule has 0 heterocycles. The summed E-state index contributed by atoms with van der Waals surface area (Å²) in [4.78, 5) is 15.2. The second-order valence-corrected chi connectivity index (χ2v) is 5.58. The average Bonchev–Trinajstić information content (AvgIpc) is 2.33. The fourth-order valence-corrected chi connectivity index (χ4v) is 2.32. The van der Waals surface area contributed by atoms with Crippen molar-refractivity contribution in [2.24, 2.45) is 0 Å². The zero-order chi connectivity index (χ0) is 15.1. The molecule has 0 atom stereocenters. The van der Waals surface area contributed by atoms with E-state index in [9.17, 15) is 4.79 Å². The molecule has 4 nitrogen and oxygen atoms in total. The highest BCUT2D eigenvalue weighted by atomic mass is 16.4. The lowest BCUT2D eigenvalue weighted by molar-refractivity contribution is -0.136. The Hall–Kier alpha value is -1.55. The van der Waals surface area contributed by atoms with Crippen molar-refractivity contribution < 1.29 is 9.90 Å². The van der Waals surface area contributed by atoms with Crippen molar-refractivity contribution in [2.45, 2.75) is 26.7 Å². The van der Waals surface area contributed by atoms with Crippen LogP contribution in [-0.4, -0.2) is 49.7 Å². The van der Waals surface area contributed by atoms with Gasteiger partial charge in [-0.15, -0.1) is 0 Å². The second kappa shape index (κ2) is 7.90. The van der Waals surface area contributed by atoms with Gasteiger partial charge in [-0.1, -0.05) is 17.7 Å². The normalized spacial score (nSPS) is 10.8. The van der Waals surface area contributed by atoms with Gasteiger partial charge in [0.15, 0.2) is 0 Å². The number of hydrogen-bond donors (Lipinski definition) is 1. The molecule has 4 heteroatoms. The Morgan fingerprint density at radius 2 is 1.85 bits per heavy atom. The summed E-state index contributed by atoms with van der Waals surface area (Å²) < 4.78 is 0. The van der Waals surface area contributed by atoms with E-state index in [1.807, 2.05) is 0 Å². The topological polar surface area (TPSA) is 43.8 Å². The maximum Gasteiger partial charge on any atom is 0.305 e. The number of aliphatic carboxylic acids is 1. The highest BCUT2D eigenvalue weighted by Gasteiger charge is 2.11. The third-order valence-corrected chi connectivity index (χ3v) is 3.32. The number of carboxylic acids is 1. The molecule has 0 amide bonds. The number of anilines is 1. The van der Waals surface area contributed by atoms with Crippen molar-refractivity contribution in [1.82, 2.24) is 4.90 Å². The van der Waals surface area contributed by atoms with E-state index in [1.165, 1.54) is 11.1 Å². The van der Waals surface area contributed by atoms with Gasteiger partial charge in [0.2, 0.25) is 0 Å². The van der Waals surface area contributed by atoms with Gasteiger partial charge in [-0.05, 0) is 52.5 Å². The minimum absolute atomic E-state index is 0.176. The van der Waals surface area contributed by atoms with Gasteiger partial charge in [0.05, 0.1) is 6.42 Å². The average molecular weight is 278 g/mol. The maximum absolute atomic E-state index is 10.8. The van der Waals surface area contributed by atoms with Gasteiger partial charge in [0.1, 0.15) is 0 Å². The van der Waals surface area contributed by atoms with E-state index in [1.54, 1.807) is 0 Å². The second-order valence-electron chi connectivity index (χ2n) is 5.58. The van der Waals surface area contributed by atoms with Crippen LogP contribution in [0.25, 0.3) is 0 Å². The minimum atomic E-state index is -0.743. The molecular formula is C16H26N2O2. The van der Waals surface area contributed by atoms with Gasteiger partial charge in [-0.25, -0.2) is 0 Å². The van der Waals surface area contributed by atoms with Crippen LogP contribution in [0.1, 0.15) is 24.0 Å². The van der Waals surface area contributed by atoms with Crippen LogP contribution in [0, 0.1) is 13.8 Å². The molecule has 0 bridgehead atoms. The number of carboxylic acid groups (broad SMARTS) is 1. The van der Waals surface area contributed by atoms with Crippen LogP contribution in [-0.2, 0) is 4.79 Å². The van der Waals surface area contributed by atoms with Crippen LogP contribution >= 0.6 is 0 Å². The SMILES string of the molecule is Cc1ccc(N(CCCN(C)C)CCC(=O)O)c(C)c1. The Labute approximate surface area is 122 Å². The van der Waals surface area contributed by atoms with Crippen molar-refractivity contribution in [3.63, 3.8) is 0 Å². The Morgan fingerprint density at radius 1 is 1.15 bits per heavy atom. The molecule has 0 radical (unpaired) electrons. The summed E-state index contributed by atoms with van der Waals surface area (Å²) in [5, 5.41) is 8.90. The zero-order valence-electron chi connectivity index (χ0n) is 13.0. The molecule has 0 saturated heterocycles. The van der Waals surface area contributed by atoms with Crippen molar-refractivity contribution in [3.05, 3.63) is 29.3 Å². The summed E-state index contributed by atoms with van der Waals surface area (Å²) in [7, 11) is 4.11. The van der Waals surface area contributed by atoms with Crippen LogP contribution in [0.5, 0.6) is 0 Å². The molecule has 0 spiro atoms. The van der Waals surface area contributed by atoms with Crippen LogP contribution in [0.15, 0.2) is 18.2 Å². The monoisotopic (exact) mass is 278 g/mol. The van der Waals surface area contributed by atoms with Crippen LogP contribution < -0.4 is 4.90 Å².